The van der Waals surface area contributed by atoms with E-state index in [1.54, 1.807) is 12.1 Å². The Morgan fingerprint density at radius 2 is 1.07 bits per heavy atom. The van der Waals surface area contributed by atoms with E-state index in [2.05, 4.69) is 23.7 Å². The van der Waals surface area contributed by atoms with Gasteiger partial charge < -0.3 is 0 Å². The fraction of sp³-hybridized carbons (Fsp3) is 0.139. The van der Waals surface area contributed by atoms with Gasteiger partial charge in [0.1, 0.15) is 5.78 Å². The lowest BCUT2D eigenvalue weighted by Crippen LogP contribution is -2.45. The molecule has 2 unspecified atom stereocenters. The molecule has 4 aromatic carbocycles. The average Bonchev–Trinajstić information content (AvgIpc) is 3.26. The molecule has 0 radical (unpaired) electrons. The summed E-state index contributed by atoms with van der Waals surface area (Å²) in [7, 11) is 0. The summed E-state index contributed by atoms with van der Waals surface area (Å²) in [6.45, 7) is 0. The Bertz CT molecular complexity index is 1800. The van der Waals surface area contributed by atoms with Crippen LogP contribution in [0.15, 0.2) is 103 Å². The molecule has 0 spiro atoms. The Balaban J connectivity index is 1.19. The van der Waals surface area contributed by atoms with Crippen molar-refractivity contribution in [3.8, 4) is 23.7 Å². The lowest BCUT2D eigenvalue weighted by Gasteiger charge is -2.43. The average molecular weight is 518 g/mol. The summed E-state index contributed by atoms with van der Waals surface area (Å²) >= 11 is 0. The van der Waals surface area contributed by atoms with Crippen molar-refractivity contribution in [2.45, 2.75) is 18.3 Å². The first-order chi connectivity index (χ1) is 19.6. The summed E-state index contributed by atoms with van der Waals surface area (Å²) in [5.41, 5.74) is 5.75. The zero-order valence-electron chi connectivity index (χ0n) is 21.5. The molecule has 4 aromatic rings. The minimum atomic E-state index is -0.680. The number of ketones is 1. The normalized spacial score (nSPS) is 22.1. The van der Waals surface area contributed by atoms with Crippen LogP contribution in [0.1, 0.15) is 51.6 Å². The van der Waals surface area contributed by atoms with E-state index in [1.165, 1.54) is 4.90 Å². The van der Waals surface area contributed by atoms with Gasteiger partial charge >= 0.3 is 0 Å². The molecule has 4 atom stereocenters. The standard InChI is InChI=1S/C36H23NO3/c38-31-22-30-28-20-17-26(14-13-24-9-5-2-6-10-24)21-29(28)32(31)34-33(30)35(39)37(36(34)40)27-18-15-25(16-19-27)12-11-23-7-3-1-4-8-23/h1-10,15-21,30,32-34H,22H2/t30-,32-,33?,34?/m1/s1. The van der Waals surface area contributed by atoms with E-state index < -0.39 is 17.8 Å². The van der Waals surface area contributed by atoms with Crippen LogP contribution in [0.2, 0.25) is 0 Å². The lowest BCUT2D eigenvalue weighted by molar-refractivity contribution is -0.134. The molecule has 4 aliphatic rings. The molecule has 2 bridgehead atoms. The molecular weight excluding hydrogens is 494 g/mol. The highest BCUT2D eigenvalue weighted by Crippen LogP contribution is 2.57. The number of nitrogens with zero attached hydrogens (tertiary/aromatic N) is 1. The highest BCUT2D eigenvalue weighted by Gasteiger charge is 2.62. The Morgan fingerprint density at radius 1 is 0.550 bits per heavy atom. The van der Waals surface area contributed by atoms with Crippen LogP contribution in [0.4, 0.5) is 5.69 Å². The Morgan fingerprint density at radius 3 is 1.70 bits per heavy atom. The number of imide groups is 1. The van der Waals surface area contributed by atoms with Crippen molar-refractivity contribution in [2.75, 3.05) is 4.90 Å². The first-order valence-electron chi connectivity index (χ1n) is 13.4. The summed E-state index contributed by atoms with van der Waals surface area (Å²) < 4.78 is 0. The second-order valence-electron chi connectivity index (χ2n) is 10.4. The lowest BCUT2D eigenvalue weighted by atomic mass is 9.56. The predicted octanol–water partition coefficient (Wildman–Crippen LogP) is 5.45. The summed E-state index contributed by atoms with van der Waals surface area (Å²) in [6, 6.07) is 32.5. The summed E-state index contributed by atoms with van der Waals surface area (Å²) in [5, 5.41) is 0. The highest BCUT2D eigenvalue weighted by molar-refractivity contribution is 6.24. The molecule has 40 heavy (non-hydrogen) atoms. The molecule has 1 saturated heterocycles. The van der Waals surface area contributed by atoms with Gasteiger partial charge in [0.15, 0.2) is 0 Å². The first kappa shape index (κ1) is 23.9. The SMILES string of the molecule is O=C1C[C@@H]2c3ccc(C#Cc4ccccc4)cc3[C@H]1C1C(=O)N(c3ccc(C#Cc4ccccc4)cc3)C(=O)C12. The highest BCUT2D eigenvalue weighted by atomic mass is 16.2. The van der Waals surface area contributed by atoms with Crippen molar-refractivity contribution in [3.63, 3.8) is 0 Å². The fourth-order valence-electron chi connectivity index (χ4n) is 6.37. The minimum Gasteiger partial charge on any atom is -0.299 e. The number of rotatable bonds is 1. The number of carbonyl (C=O) groups excluding carboxylic acids is 3. The van der Waals surface area contributed by atoms with Gasteiger partial charge in [-0.15, -0.1) is 0 Å². The number of fused-ring (bicyclic) bond motifs is 1. The van der Waals surface area contributed by atoms with Gasteiger partial charge in [-0.05, 0) is 71.8 Å². The second-order valence-corrected chi connectivity index (χ2v) is 10.4. The van der Waals surface area contributed by atoms with Crippen molar-refractivity contribution in [1.29, 1.82) is 0 Å². The van der Waals surface area contributed by atoms with Crippen LogP contribution in [0.3, 0.4) is 0 Å². The maximum absolute atomic E-state index is 13.8. The quantitative estimate of drug-likeness (QED) is 0.249. The van der Waals surface area contributed by atoms with Crippen LogP contribution in [0.25, 0.3) is 0 Å². The third kappa shape index (κ3) is 3.94. The van der Waals surface area contributed by atoms with Gasteiger partial charge in [-0.1, -0.05) is 66.1 Å². The van der Waals surface area contributed by atoms with Crippen LogP contribution in [0, 0.1) is 35.5 Å². The third-order valence-electron chi connectivity index (χ3n) is 8.16. The Hall–Kier alpha value is -5.19. The van der Waals surface area contributed by atoms with Crippen molar-refractivity contribution in [2.24, 2.45) is 11.8 Å². The molecule has 2 amide bonds. The molecular formula is C36H23NO3. The molecule has 0 aromatic heterocycles. The van der Waals surface area contributed by atoms with Gasteiger partial charge in [0.2, 0.25) is 11.8 Å². The molecule has 190 valence electrons. The van der Waals surface area contributed by atoms with Crippen molar-refractivity contribution >= 4 is 23.3 Å². The molecule has 1 saturated carbocycles. The van der Waals surface area contributed by atoms with Crippen molar-refractivity contribution < 1.29 is 14.4 Å². The van der Waals surface area contributed by atoms with Crippen LogP contribution in [-0.2, 0) is 14.4 Å². The maximum atomic E-state index is 13.8. The second kappa shape index (κ2) is 9.53. The molecule has 8 rings (SSSR count). The largest absolute Gasteiger partial charge is 0.299 e. The number of amides is 2. The number of hydrogen-bond acceptors (Lipinski definition) is 3. The molecule has 3 aliphatic carbocycles. The van der Waals surface area contributed by atoms with E-state index in [1.807, 2.05) is 91.0 Å². The number of carbonyl (C=O) groups is 3. The molecule has 4 nitrogen and oxygen atoms in total. The van der Waals surface area contributed by atoms with Gasteiger partial charge in [0, 0.05) is 34.6 Å². The molecule has 4 heteroatoms. The van der Waals surface area contributed by atoms with Gasteiger partial charge in [0.05, 0.1) is 23.4 Å². The molecule has 2 fully saturated rings. The van der Waals surface area contributed by atoms with Crippen LogP contribution in [-0.4, -0.2) is 17.6 Å². The van der Waals surface area contributed by atoms with E-state index in [9.17, 15) is 14.4 Å². The van der Waals surface area contributed by atoms with Crippen LogP contribution < -0.4 is 4.90 Å². The van der Waals surface area contributed by atoms with Gasteiger partial charge in [0.25, 0.3) is 0 Å². The van der Waals surface area contributed by atoms with E-state index in [4.69, 9.17) is 0 Å². The zero-order chi connectivity index (χ0) is 27.2. The first-order valence-corrected chi connectivity index (χ1v) is 13.4. The van der Waals surface area contributed by atoms with E-state index in [0.29, 0.717) is 5.69 Å². The fourth-order valence-corrected chi connectivity index (χ4v) is 6.37. The van der Waals surface area contributed by atoms with Crippen molar-refractivity contribution in [1.82, 2.24) is 0 Å². The van der Waals surface area contributed by atoms with Gasteiger partial charge in [-0.25, -0.2) is 0 Å². The van der Waals surface area contributed by atoms with Crippen LogP contribution >= 0.6 is 0 Å². The zero-order valence-corrected chi connectivity index (χ0v) is 21.5. The van der Waals surface area contributed by atoms with Crippen molar-refractivity contribution in [3.05, 3.63) is 137 Å². The molecule has 0 N–H and O–H groups in total. The smallest absolute Gasteiger partial charge is 0.238 e. The molecule has 1 aliphatic heterocycles. The number of Topliss-reactive ketones (excluding diaryl/α,β-unsaturated/α-hetero) is 1. The topological polar surface area (TPSA) is 54.5 Å². The van der Waals surface area contributed by atoms with Crippen LogP contribution in [0.5, 0.6) is 0 Å². The summed E-state index contributed by atoms with van der Waals surface area (Å²) in [4.78, 5) is 42.0. The van der Waals surface area contributed by atoms with Gasteiger partial charge in [-0.3, -0.25) is 19.3 Å². The third-order valence-corrected chi connectivity index (χ3v) is 8.16. The number of hydrogen-bond donors (Lipinski definition) is 0. The Kier molecular flexibility index (Phi) is 5.69. The monoisotopic (exact) mass is 517 g/mol. The number of benzene rings is 4. The summed E-state index contributed by atoms with van der Waals surface area (Å²) in [5.74, 6) is 9.98. The van der Waals surface area contributed by atoms with E-state index in [-0.39, 0.29) is 29.9 Å². The minimum absolute atomic E-state index is 0.0291. The summed E-state index contributed by atoms with van der Waals surface area (Å²) in [6.07, 6.45) is 0.286. The van der Waals surface area contributed by atoms with Gasteiger partial charge in [-0.2, -0.15) is 0 Å². The predicted molar refractivity (Wildman–Crippen MR) is 152 cm³/mol. The maximum Gasteiger partial charge on any atom is 0.238 e. The Labute approximate surface area is 232 Å². The van der Waals surface area contributed by atoms with E-state index >= 15 is 0 Å². The van der Waals surface area contributed by atoms with E-state index in [0.717, 1.165) is 33.4 Å². The number of anilines is 1. The molecule has 1 heterocycles.